The molecule has 0 bridgehead atoms. The number of aryl methyl sites for hydroxylation is 1. The van der Waals surface area contributed by atoms with Crippen LogP contribution in [0.2, 0.25) is 0 Å². The maximum Gasteiger partial charge on any atom is 0.185 e. The molecule has 0 atom stereocenters. The van der Waals surface area contributed by atoms with Crippen molar-refractivity contribution in [1.82, 2.24) is 0 Å². The van der Waals surface area contributed by atoms with Gasteiger partial charge in [-0.15, -0.1) is 0 Å². The topological polar surface area (TPSA) is 17.1 Å². The van der Waals surface area contributed by atoms with Crippen LogP contribution in [0.4, 0.5) is 0 Å². The molecule has 0 N–H and O–H groups in total. The Hall–Kier alpha value is -2.93. The highest BCUT2D eigenvalue weighted by atomic mass is 16.1. The molecule has 0 aliphatic carbocycles. The summed E-state index contributed by atoms with van der Waals surface area (Å²) in [6, 6.07) is 26.8. The van der Waals surface area contributed by atoms with Gasteiger partial charge in [0.2, 0.25) is 0 Å². The van der Waals surface area contributed by atoms with Crippen molar-refractivity contribution >= 4 is 11.9 Å². The zero-order chi connectivity index (χ0) is 26.7. The first-order valence-electron chi connectivity index (χ1n) is 15.2. The first-order valence-corrected chi connectivity index (χ1v) is 15.2. The van der Waals surface area contributed by atoms with E-state index in [1.807, 2.05) is 48.5 Å². The van der Waals surface area contributed by atoms with E-state index in [-0.39, 0.29) is 5.78 Å². The molecule has 3 rings (SSSR count). The van der Waals surface area contributed by atoms with Crippen molar-refractivity contribution in [2.24, 2.45) is 0 Å². The van der Waals surface area contributed by atoms with Crippen LogP contribution in [0.3, 0.4) is 0 Å². The summed E-state index contributed by atoms with van der Waals surface area (Å²) in [5.74, 6) is 0.0381. The van der Waals surface area contributed by atoms with E-state index in [0.717, 1.165) is 28.7 Å². The van der Waals surface area contributed by atoms with Crippen LogP contribution >= 0.6 is 0 Å². The molecular weight excluding hydrogens is 460 g/mol. The zero-order valence-corrected chi connectivity index (χ0v) is 23.7. The number of hydrogen-bond acceptors (Lipinski definition) is 1. The van der Waals surface area contributed by atoms with Gasteiger partial charge in [-0.3, -0.25) is 4.79 Å². The van der Waals surface area contributed by atoms with Crippen molar-refractivity contribution in [3.63, 3.8) is 0 Å². The fourth-order valence-electron chi connectivity index (χ4n) is 5.04. The van der Waals surface area contributed by atoms with Gasteiger partial charge < -0.3 is 0 Å². The highest BCUT2D eigenvalue weighted by Gasteiger charge is 2.03. The lowest BCUT2D eigenvalue weighted by atomic mass is 10.0. The second kappa shape index (κ2) is 18.3. The van der Waals surface area contributed by atoms with Gasteiger partial charge >= 0.3 is 0 Å². The van der Waals surface area contributed by atoms with Crippen LogP contribution in [0.1, 0.15) is 118 Å². The van der Waals surface area contributed by atoms with E-state index in [9.17, 15) is 4.79 Å². The molecule has 0 radical (unpaired) electrons. The van der Waals surface area contributed by atoms with Gasteiger partial charge in [0.25, 0.3) is 0 Å². The number of allylic oxidation sites excluding steroid dienone is 1. The summed E-state index contributed by atoms with van der Waals surface area (Å²) in [6.45, 7) is 2.29. The third kappa shape index (κ3) is 11.6. The second-order valence-corrected chi connectivity index (χ2v) is 10.7. The maximum atomic E-state index is 12.6. The summed E-state index contributed by atoms with van der Waals surface area (Å²) in [5.41, 5.74) is 5.47. The van der Waals surface area contributed by atoms with Gasteiger partial charge in [0, 0.05) is 5.56 Å². The average molecular weight is 509 g/mol. The van der Waals surface area contributed by atoms with E-state index < -0.39 is 0 Å². The number of hydrogen-bond donors (Lipinski definition) is 0. The lowest BCUT2D eigenvalue weighted by Crippen LogP contribution is -1.94. The Labute approximate surface area is 232 Å². The van der Waals surface area contributed by atoms with Gasteiger partial charge in [-0.25, -0.2) is 0 Å². The molecule has 1 heteroatoms. The summed E-state index contributed by atoms with van der Waals surface area (Å²) in [5, 5.41) is 0. The summed E-state index contributed by atoms with van der Waals surface area (Å²) in [6.07, 6.45) is 24.3. The van der Waals surface area contributed by atoms with E-state index >= 15 is 0 Å². The summed E-state index contributed by atoms with van der Waals surface area (Å²) >= 11 is 0. The SMILES string of the molecule is CCCCCCCCCCCCCCCCc1ccc(C=CC(=O)c2ccc(-c3ccccc3)cc2)cc1. The Bertz CT molecular complexity index is 1040. The number of rotatable bonds is 19. The zero-order valence-electron chi connectivity index (χ0n) is 23.7. The first kappa shape index (κ1) is 29.6. The van der Waals surface area contributed by atoms with Crippen LogP contribution in [0.25, 0.3) is 17.2 Å². The molecule has 0 saturated carbocycles. The van der Waals surface area contributed by atoms with Crippen LogP contribution < -0.4 is 0 Å². The molecule has 202 valence electrons. The van der Waals surface area contributed by atoms with E-state index in [1.165, 1.54) is 95.5 Å². The molecule has 0 fully saturated rings. The molecule has 0 aliphatic rings. The van der Waals surface area contributed by atoms with Crippen molar-refractivity contribution in [1.29, 1.82) is 0 Å². The number of benzene rings is 3. The predicted octanol–water partition coefficient (Wildman–Crippen LogP) is 11.3. The number of unbranched alkanes of at least 4 members (excludes halogenated alkanes) is 13. The molecule has 0 aliphatic heterocycles. The van der Waals surface area contributed by atoms with Gasteiger partial charge in [0.05, 0.1) is 0 Å². The first-order chi connectivity index (χ1) is 18.8. The second-order valence-electron chi connectivity index (χ2n) is 10.7. The minimum absolute atomic E-state index is 0.0381. The molecule has 0 spiro atoms. The predicted molar refractivity (Wildman–Crippen MR) is 166 cm³/mol. The Morgan fingerprint density at radius 3 is 1.61 bits per heavy atom. The highest BCUT2D eigenvalue weighted by Crippen LogP contribution is 2.20. The maximum absolute atomic E-state index is 12.6. The third-order valence-corrected chi connectivity index (χ3v) is 7.50. The van der Waals surface area contributed by atoms with Crippen LogP contribution in [-0.4, -0.2) is 5.78 Å². The molecule has 3 aromatic carbocycles. The van der Waals surface area contributed by atoms with Crippen molar-refractivity contribution in [2.75, 3.05) is 0 Å². The minimum Gasteiger partial charge on any atom is -0.289 e. The fourth-order valence-corrected chi connectivity index (χ4v) is 5.04. The van der Waals surface area contributed by atoms with Crippen LogP contribution in [0.5, 0.6) is 0 Å². The fraction of sp³-hybridized carbons (Fsp3) is 0.432. The Kier molecular flexibility index (Phi) is 14.3. The van der Waals surface area contributed by atoms with E-state index in [2.05, 4.69) is 43.3 Å². The molecule has 1 nitrogen and oxygen atoms in total. The van der Waals surface area contributed by atoms with Gasteiger partial charge in [0.1, 0.15) is 0 Å². The molecule has 3 aromatic rings. The quantitative estimate of drug-likeness (QED) is 0.0893. The van der Waals surface area contributed by atoms with E-state index in [0.29, 0.717) is 0 Å². The molecule has 0 amide bonds. The molecule has 0 unspecified atom stereocenters. The lowest BCUT2D eigenvalue weighted by molar-refractivity contribution is 0.104. The summed E-state index contributed by atoms with van der Waals surface area (Å²) in [4.78, 5) is 12.6. The monoisotopic (exact) mass is 508 g/mol. The molecule has 0 saturated heterocycles. The Balaban J connectivity index is 1.25. The van der Waals surface area contributed by atoms with Crippen LogP contribution in [0, 0.1) is 0 Å². The van der Waals surface area contributed by atoms with Crippen molar-refractivity contribution in [2.45, 2.75) is 103 Å². The van der Waals surface area contributed by atoms with Gasteiger partial charge in [-0.2, -0.15) is 0 Å². The van der Waals surface area contributed by atoms with E-state index in [1.54, 1.807) is 6.08 Å². The molecule has 38 heavy (non-hydrogen) atoms. The van der Waals surface area contributed by atoms with Crippen molar-refractivity contribution < 1.29 is 4.79 Å². The van der Waals surface area contributed by atoms with Gasteiger partial charge in [-0.05, 0) is 41.2 Å². The third-order valence-electron chi connectivity index (χ3n) is 7.50. The Morgan fingerprint density at radius 1 is 0.553 bits per heavy atom. The van der Waals surface area contributed by atoms with E-state index in [4.69, 9.17) is 0 Å². The lowest BCUT2D eigenvalue weighted by Gasteiger charge is -2.04. The summed E-state index contributed by atoms with van der Waals surface area (Å²) in [7, 11) is 0. The minimum atomic E-state index is 0.0381. The van der Waals surface area contributed by atoms with Crippen LogP contribution in [-0.2, 0) is 6.42 Å². The highest BCUT2D eigenvalue weighted by molar-refractivity contribution is 6.07. The van der Waals surface area contributed by atoms with Crippen LogP contribution in [0.15, 0.2) is 84.9 Å². The van der Waals surface area contributed by atoms with Gasteiger partial charge in [-0.1, -0.05) is 175 Å². The van der Waals surface area contributed by atoms with Gasteiger partial charge in [0.15, 0.2) is 5.78 Å². The smallest absolute Gasteiger partial charge is 0.185 e. The van der Waals surface area contributed by atoms with Crippen molar-refractivity contribution in [3.8, 4) is 11.1 Å². The molecule has 0 heterocycles. The standard InChI is InChI=1S/C37H48O/c1-2-3-4-5-6-7-8-9-10-11-12-13-14-16-19-32-22-24-33(25-23-32)26-31-37(38)36-29-27-35(28-30-36)34-20-17-15-18-21-34/h15,17-18,20-31H,2-14,16,19H2,1H3. The normalized spacial score (nSPS) is 11.3. The number of carbonyl (C=O) groups excluding carboxylic acids is 1. The van der Waals surface area contributed by atoms with Crippen molar-refractivity contribution in [3.05, 3.63) is 102 Å². The summed E-state index contributed by atoms with van der Waals surface area (Å²) < 4.78 is 0. The average Bonchev–Trinajstić information content (AvgIpc) is 2.97. The largest absolute Gasteiger partial charge is 0.289 e. The number of ketones is 1. The number of carbonyl (C=O) groups is 1. The molecule has 0 aromatic heterocycles. The molecular formula is C37H48O. The Morgan fingerprint density at radius 2 is 1.05 bits per heavy atom.